The first kappa shape index (κ1) is 16.4. The molecule has 8 heteroatoms. The third-order valence-electron chi connectivity index (χ3n) is 2.32. The van der Waals surface area contributed by atoms with E-state index in [-0.39, 0.29) is 30.8 Å². The van der Waals surface area contributed by atoms with Crippen molar-refractivity contribution < 1.29 is 9.18 Å². The fraction of sp³-hybridized carbons (Fsp3) is 0.167. The van der Waals surface area contributed by atoms with E-state index in [1.807, 2.05) is 0 Å². The maximum atomic E-state index is 12.9. The SMILES string of the molecule is Cl.NCc1csc(NC(=O)NCc2cccc(F)c2)n1. The molecular weight excluding hydrogens is 303 g/mol. The molecule has 0 fully saturated rings. The summed E-state index contributed by atoms with van der Waals surface area (Å²) in [6.45, 7) is 0.585. The number of benzene rings is 1. The smallest absolute Gasteiger partial charge is 0.321 e. The van der Waals surface area contributed by atoms with Gasteiger partial charge < -0.3 is 11.1 Å². The minimum absolute atomic E-state index is 0. The van der Waals surface area contributed by atoms with Crippen molar-refractivity contribution in [3.63, 3.8) is 0 Å². The molecule has 2 rings (SSSR count). The molecule has 5 nitrogen and oxygen atoms in total. The first-order chi connectivity index (χ1) is 9.17. The normalized spacial score (nSPS) is 9.70. The standard InChI is InChI=1S/C12H13FN4OS.ClH/c13-9-3-1-2-8(4-9)6-15-11(18)17-12-16-10(5-14)7-19-12;/h1-4,7H,5-6,14H2,(H2,15,16,17,18);1H. The summed E-state index contributed by atoms with van der Waals surface area (Å²) in [5, 5.41) is 7.47. The number of amides is 2. The molecule has 0 spiro atoms. The molecule has 2 aromatic rings. The quantitative estimate of drug-likeness (QED) is 0.810. The van der Waals surface area contributed by atoms with Crippen molar-refractivity contribution in [1.82, 2.24) is 10.3 Å². The summed E-state index contributed by atoms with van der Waals surface area (Å²) in [7, 11) is 0. The summed E-state index contributed by atoms with van der Waals surface area (Å²) in [6.07, 6.45) is 0. The summed E-state index contributed by atoms with van der Waals surface area (Å²) < 4.78 is 12.9. The number of carbonyl (C=O) groups excluding carboxylic acids is 1. The van der Waals surface area contributed by atoms with Crippen molar-refractivity contribution in [2.24, 2.45) is 5.73 Å². The predicted octanol–water partition coefficient (Wildman–Crippen LogP) is 2.48. The molecule has 0 bridgehead atoms. The summed E-state index contributed by atoms with van der Waals surface area (Å²) >= 11 is 1.30. The largest absolute Gasteiger partial charge is 0.334 e. The van der Waals surface area contributed by atoms with Gasteiger partial charge >= 0.3 is 6.03 Å². The second-order valence-corrected chi connectivity index (χ2v) is 4.64. The van der Waals surface area contributed by atoms with Gasteiger partial charge in [0.25, 0.3) is 0 Å². The predicted molar refractivity (Wildman–Crippen MR) is 79.5 cm³/mol. The Morgan fingerprint density at radius 2 is 2.25 bits per heavy atom. The highest BCUT2D eigenvalue weighted by Crippen LogP contribution is 2.14. The van der Waals surface area contributed by atoms with E-state index >= 15 is 0 Å². The lowest BCUT2D eigenvalue weighted by Gasteiger charge is -2.05. The van der Waals surface area contributed by atoms with E-state index in [1.165, 1.54) is 23.5 Å². The molecule has 4 N–H and O–H groups in total. The second-order valence-electron chi connectivity index (χ2n) is 3.79. The Morgan fingerprint density at radius 3 is 2.90 bits per heavy atom. The van der Waals surface area contributed by atoms with Crippen LogP contribution in [0.3, 0.4) is 0 Å². The Kier molecular flexibility index (Phi) is 6.37. The maximum Gasteiger partial charge on any atom is 0.321 e. The van der Waals surface area contributed by atoms with E-state index in [1.54, 1.807) is 17.5 Å². The molecule has 0 aliphatic carbocycles. The minimum Gasteiger partial charge on any atom is -0.334 e. The second kappa shape index (κ2) is 7.78. The molecule has 0 unspecified atom stereocenters. The summed E-state index contributed by atoms with van der Waals surface area (Å²) in [5.41, 5.74) is 6.84. The van der Waals surface area contributed by atoms with E-state index in [4.69, 9.17) is 5.73 Å². The molecule has 0 saturated carbocycles. The number of urea groups is 1. The van der Waals surface area contributed by atoms with Gasteiger partial charge in [0.1, 0.15) is 5.82 Å². The average molecular weight is 317 g/mol. The number of aromatic nitrogens is 1. The Labute approximate surface area is 125 Å². The zero-order valence-electron chi connectivity index (χ0n) is 10.4. The Balaban J connectivity index is 0.00000200. The first-order valence-electron chi connectivity index (χ1n) is 5.61. The van der Waals surface area contributed by atoms with Gasteiger partial charge in [0.15, 0.2) is 5.13 Å². The van der Waals surface area contributed by atoms with Crippen LogP contribution in [0, 0.1) is 5.82 Å². The number of hydrogen-bond donors (Lipinski definition) is 3. The molecule has 20 heavy (non-hydrogen) atoms. The molecule has 1 aromatic heterocycles. The molecule has 108 valence electrons. The molecule has 1 aromatic carbocycles. The van der Waals surface area contributed by atoms with Gasteiger partial charge in [0.05, 0.1) is 5.69 Å². The number of nitrogens with two attached hydrogens (primary N) is 1. The lowest BCUT2D eigenvalue weighted by molar-refractivity contribution is 0.251. The number of thiazole rings is 1. The van der Waals surface area contributed by atoms with Gasteiger partial charge in [-0.25, -0.2) is 14.2 Å². The van der Waals surface area contributed by atoms with Crippen molar-refractivity contribution >= 4 is 34.9 Å². The highest BCUT2D eigenvalue weighted by Gasteiger charge is 2.05. The number of halogens is 2. The summed E-state index contributed by atoms with van der Waals surface area (Å²) in [4.78, 5) is 15.7. The summed E-state index contributed by atoms with van der Waals surface area (Å²) in [6, 6.07) is 5.67. The number of nitrogens with one attached hydrogen (secondary N) is 2. The minimum atomic E-state index is -0.387. The van der Waals surface area contributed by atoms with Gasteiger partial charge in [-0.1, -0.05) is 12.1 Å². The highest BCUT2D eigenvalue weighted by molar-refractivity contribution is 7.13. The molecule has 0 saturated heterocycles. The van der Waals surface area contributed by atoms with Gasteiger partial charge in [0, 0.05) is 18.5 Å². The highest BCUT2D eigenvalue weighted by atomic mass is 35.5. The summed E-state index contributed by atoms with van der Waals surface area (Å²) in [5.74, 6) is -0.327. The van der Waals surface area contributed by atoms with Crippen molar-refractivity contribution in [3.8, 4) is 0 Å². The fourth-order valence-electron chi connectivity index (χ4n) is 1.43. The van der Waals surface area contributed by atoms with Crippen LogP contribution >= 0.6 is 23.7 Å². The van der Waals surface area contributed by atoms with Crippen LogP contribution in [0.1, 0.15) is 11.3 Å². The Morgan fingerprint density at radius 1 is 1.45 bits per heavy atom. The van der Waals surface area contributed by atoms with E-state index in [0.29, 0.717) is 17.2 Å². The van der Waals surface area contributed by atoms with Crippen LogP contribution in [-0.4, -0.2) is 11.0 Å². The monoisotopic (exact) mass is 316 g/mol. The zero-order chi connectivity index (χ0) is 13.7. The van der Waals surface area contributed by atoms with Crippen LogP contribution in [0.2, 0.25) is 0 Å². The van der Waals surface area contributed by atoms with Crippen molar-refractivity contribution in [2.75, 3.05) is 5.32 Å². The first-order valence-corrected chi connectivity index (χ1v) is 6.49. The molecule has 1 heterocycles. The van der Waals surface area contributed by atoms with E-state index in [9.17, 15) is 9.18 Å². The van der Waals surface area contributed by atoms with E-state index < -0.39 is 0 Å². The van der Waals surface area contributed by atoms with Crippen LogP contribution < -0.4 is 16.4 Å². The molecule has 0 radical (unpaired) electrons. The average Bonchev–Trinajstić information content (AvgIpc) is 2.84. The van der Waals surface area contributed by atoms with Crippen LogP contribution in [0.15, 0.2) is 29.6 Å². The topological polar surface area (TPSA) is 80.0 Å². The van der Waals surface area contributed by atoms with Crippen LogP contribution in [-0.2, 0) is 13.1 Å². The number of nitrogens with zero attached hydrogens (tertiary/aromatic N) is 1. The lowest BCUT2D eigenvalue weighted by atomic mass is 10.2. The van der Waals surface area contributed by atoms with Gasteiger partial charge in [-0.05, 0) is 17.7 Å². The Bertz CT molecular complexity index is 578. The molecule has 2 amide bonds. The van der Waals surface area contributed by atoms with Gasteiger partial charge in [-0.15, -0.1) is 23.7 Å². The molecular formula is C12H14ClFN4OS. The number of rotatable bonds is 4. The number of anilines is 1. The zero-order valence-corrected chi connectivity index (χ0v) is 12.1. The molecule has 0 aliphatic heterocycles. The van der Waals surface area contributed by atoms with Crippen LogP contribution in [0.4, 0.5) is 14.3 Å². The molecule has 0 atom stereocenters. The van der Waals surface area contributed by atoms with Gasteiger partial charge in [0.2, 0.25) is 0 Å². The third kappa shape index (κ3) is 4.76. The lowest BCUT2D eigenvalue weighted by Crippen LogP contribution is -2.28. The van der Waals surface area contributed by atoms with Crippen molar-refractivity contribution in [2.45, 2.75) is 13.1 Å². The van der Waals surface area contributed by atoms with Crippen LogP contribution in [0.5, 0.6) is 0 Å². The number of carbonyl (C=O) groups is 1. The van der Waals surface area contributed by atoms with Crippen molar-refractivity contribution in [1.29, 1.82) is 0 Å². The Hall–Kier alpha value is -1.70. The number of hydrogen-bond acceptors (Lipinski definition) is 4. The van der Waals surface area contributed by atoms with Crippen molar-refractivity contribution in [3.05, 3.63) is 46.7 Å². The maximum absolute atomic E-state index is 12.9. The third-order valence-corrected chi connectivity index (χ3v) is 3.13. The fourth-order valence-corrected chi connectivity index (χ4v) is 2.15. The van der Waals surface area contributed by atoms with Crippen LogP contribution in [0.25, 0.3) is 0 Å². The van der Waals surface area contributed by atoms with Gasteiger partial charge in [-0.3, -0.25) is 5.32 Å². The molecule has 0 aliphatic rings. The van der Waals surface area contributed by atoms with Gasteiger partial charge in [-0.2, -0.15) is 0 Å². The van der Waals surface area contributed by atoms with E-state index in [2.05, 4.69) is 15.6 Å². The van der Waals surface area contributed by atoms with E-state index in [0.717, 1.165) is 5.69 Å².